The molecule has 0 atom stereocenters. The highest BCUT2D eigenvalue weighted by molar-refractivity contribution is 6.07. The van der Waals surface area contributed by atoms with Crippen LogP contribution in [0.25, 0.3) is 5.69 Å². The Morgan fingerprint density at radius 1 is 1.21 bits per heavy atom. The van der Waals surface area contributed by atoms with Crippen LogP contribution in [-0.4, -0.2) is 39.0 Å². The number of aryl methyl sites for hydroxylation is 1. The van der Waals surface area contributed by atoms with Gasteiger partial charge in [-0.25, -0.2) is 9.48 Å². The number of rotatable bonds is 6. The van der Waals surface area contributed by atoms with Crippen LogP contribution in [0, 0.1) is 13.8 Å². The molecular formula is C22H21F3N4O4. The maximum absolute atomic E-state index is 13.7. The van der Waals surface area contributed by atoms with Crippen molar-refractivity contribution in [2.45, 2.75) is 33.9 Å². The van der Waals surface area contributed by atoms with E-state index in [9.17, 15) is 27.6 Å². The first-order valence-corrected chi connectivity index (χ1v) is 9.89. The van der Waals surface area contributed by atoms with E-state index in [-0.39, 0.29) is 29.5 Å². The first-order chi connectivity index (χ1) is 15.5. The van der Waals surface area contributed by atoms with Gasteiger partial charge in [0.15, 0.2) is 11.5 Å². The van der Waals surface area contributed by atoms with Gasteiger partial charge >= 0.3 is 12.1 Å². The van der Waals surface area contributed by atoms with Crippen molar-refractivity contribution >= 4 is 23.3 Å². The fourth-order valence-corrected chi connectivity index (χ4v) is 3.59. The number of anilines is 1. The molecule has 2 aromatic heterocycles. The van der Waals surface area contributed by atoms with Gasteiger partial charge in [0.25, 0.3) is 5.91 Å². The first kappa shape index (κ1) is 23.8. The van der Waals surface area contributed by atoms with Crippen molar-refractivity contribution in [1.29, 1.82) is 0 Å². The number of halogens is 3. The zero-order valence-corrected chi connectivity index (χ0v) is 18.3. The minimum Gasteiger partial charge on any atom is -0.462 e. The van der Waals surface area contributed by atoms with E-state index in [4.69, 9.17) is 4.74 Å². The molecule has 3 rings (SSSR count). The molecular weight excluding hydrogens is 441 g/mol. The van der Waals surface area contributed by atoms with E-state index < -0.39 is 29.3 Å². The van der Waals surface area contributed by atoms with Crippen LogP contribution in [0.2, 0.25) is 0 Å². The maximum Gasteiger partial charge on any atom is 0.434 e. The van der Waals surface area contributed by atoms with Crippen LogP contribution in [0.4, 0.5) is 18.9 Å². The Labute approximate surface area is 186 Å². The number of carbonyl (C=O) groups is 3. The number of benzene rings is 1. The van der Waals surface area contributed by atoms with Crippen LogP contribution in [0.15, 0.2) is 30.5 Å². The summed E-state index contributed by atoms with van der Waals surface area (Å²) in [6, 6.07) is 5.56. The smallest absolute Gasteiger partial charge is 0.434 e. The summed E-state index contributed by atoms with van der Waals surface area (Å²) in [6.45, 7) is 6.07. The van der Waals surface area contributed by atoms with Gasteiger partial charge in [0.05, 0.1) is 18.5 Å². The highest BCUT2D eigenvalue weighted by atomic mass is 19.4. The third-order valence-electron chi connectivity index (χ3n) is 4.90. The predicted octanol–water partition coefficient (Wildman–Crippen LogP) is 4.47. The Morgan fingerprint density at radius 3 is 2.48 bits per heavy atom. The van der Waals surface area contributed by atoms with Crippen LogP contribution in [-0.2, 0) is 10.9 Å². The molecule has 0 aliphatic heterocycles. The fraction of sp³-hybridized carbons (Fsp3) is 0.273. The normalized spacial score (nSPS) is 11.4. The molecule has 2 heterocycles. The molecule has 1 aromatic carbocycles. The number of hydrogen-bond acceptors (Lipinski definition) is 5. The van der Waals surface area contributed by atoms with Gasteiger partial charge in [0.2, 0.25) is 0 Å². The van der Waals surface area contributed by atoms with E-state index in [0.717, 1.165) is 6.20 Å². The first-order valence-electron chi connectivity index (χ1n) is 9.89. The second-order valence-electron chi connectivity index (χ2n) is 7.22. The van der Waals surface area contributed by atoms with Crippen molar-refractivity contribution in [2.24, 2.45) is 0 Å². The average Bonchev–Trinajstić information content (AvgIpc) is 3.29. The molecule has 33 heavy (non-hydrogen) atoms. The minimum absolute atomic E-state index is 0.0283. The third-order valence-corrected chi connectivity index (χ3v) is 4.90. The highest BCUT2D eigenvalue weighted by Crippen LogP contribution is 2.34. The third kappa shape index (κ3) is 4.66. The molecule has 0 saturated carbocycles. The van der Waals surface area contributed by atoms with Gasteiger partial charge in [-0.2, -0.15) is 18.3 Å². The monoisotopic (exact) mass is 462 g/mol. The van der Waals surface area contributed by atoms with Gasteiger partial charge in [-0.3, -0.25) is 9.59 Å². The summed E-state index contributed by atoms with van der Waals surface area (Å²) in [5.74, 6) is -1.90. The number of nitrogens with one attached hydrogen (secondary N) is 2. The number of H-pyrrole nitrogens is 1. The Kier molecular flexibility index (Phi) is 6.43. The number of esters is 1. The van der Waals surface area contributed by atoms with Crippen LogP contribution >= 0.6 is 0 Å². The quantitative estimate of drug-likeness (QED) is 0.415. The summed E-state index contributed by atoms with van der Waals surface area (Å²) in [6.07, 6.45) is -4.10. The van der Waals surface area contributed by atoms with Crippen molar-refractivity contribution in [3.8, 4) is 5.69 Å². The largest absolute Gasteiger partial charge is 0.462 e. The minimum atomic E-state index is -4.89. The molecule has 8 nitrogen and oxygen atoms in total. The van der Waals surface area contributed by atoms with E-state index >= 15 is 0 Å². The number of nitrogens with zero attached hydrogens (tertiary/aromatic N) is 2. The number of ether oxygens (including phenoxy) is 1. The summed E-state index contributed by atoms with van der Waals surface area (Å²) < 4.78 is 46.5. The molecule has 0 fully saturated rings. The predicted molar refractivity (Wildman–Crippen MR) is 113 cm³/mol. The standard InChI is InChI=1S/C22H21F3N4O4/c1-5-33-21(32)16-10-26-29(19(16)22(23,24)25)15-8-6-7-14(9-15)28-20(31)18-11(2)17(13(4)30)12(3)27-18/h6-10,27H,5H2,1-4H3,(H,28,31). The van der Waals surface area contributed by atoms with Crippen molar-refractivity contribution in [3.63, 3.8) is 0 Å². The molecule has 0 unspecified atom stereocenters. The molecule has 0 aliphatic carbocycles. The lowest BCUT2D eigenvalue weighted by Crippen LogP contribution is -2.19. The number of aromatic nitrogens is 3. The van der Waals surface area contributed by atoms with Crippen LogP contribution in [0.3, 0.4) is 0 Å². The van der Waals surface area contributed by atoms with Gasteiger partial charge < -0.3 is 15.0 Å². The maximum atomic E-state index is 13.7. The number of Topliss-reactive ketones (excluding diaryl/α,β-unsaturated/α-hetero) is 1. The van der Waals surface area contributed by atoms with Crippen molar-refractivity contribution in [2.75, 3.05) is 11.9 Å². The van der Waals surface area contributed by atoms with Gasteiger partial charge in [0.1, 0.15) is 11.3 Å². The Balaban J connectivity index is 1.97. The summed E-state index contributed by atoms with van der Waals surface area (Å²) in [4.78, 5) is 39.4. The molecule has 2 N–H and O–H groups in total. The number of ketones is 1. The molecule has 0 spiro atoms. The zero-order chi connectivity index (χ0) is 24.5. The van der Waals surface area contributed by atoms with Crippen molar-refractivity contribution < 1.29 is 32.3 Å². The van der Waals surface area contributed by atoms with E-state index in [1.807, 2.05) is 0 Å². The lowest BCUT2D eigenvalue weighted by molar-refractivity contribution is -0.143. The molecule has 3 aromatic rings. The fourth-order valence-electron chi connectivity index (χ4n) is 3.59. The van der Waals surface area contributed by atoms with Crippen LogP contribution in [0.1, 0.15) is 62.0 Å². The van der Waals surface area contributed by atoms with Crippen molar-refractivity contribution in [1.82, 2.24) is 14.8 Å². The molecule has 0 aliphatic rings. The summed E-state index contributed by atoms with van der Waals surface area (Å²) in [5.41, 5.74) is -0.251. The Hall–Kier alpha value is -3.89. The summed E-state index contributed by atoms with van der Waals surface area (Å²) >= 11 is 0. The van der Waals surface area contributed by atoms with E-state index in [1.165, 1.54) is 38.1 Å². The second-order valence-corrected chi connectivity index (χ2v) is 7.22. The highest BCUT2D eigenvalue weighted by Gasteiger charge is 2.41. The molecule has 0 saturated heterocycles. The molecule has 11 heteroatoms. The SMILES string of the molecule is CCOC(=O)c1cnn(-c2cccc(NC(=O)c3[nH]c(C)c(C(C)=O)c3C)c2)c1C(F)(F)F. The lowest BCUT2D eigenvalue weighted by Gasteiger charge is -2.13. The van der Waals surface area contributed by atoms with Gasteiger partial charge in [0, 0.05) is 16.9 Å². The van der Waals surface area contributed by atoms with E-state index in [0.29, 0.717) is 21.5 Å². The van der Waals surface area contributed by atoms with Gasteiger partial charge in [-0.05, 0) is 51.5 Å². The number of hydrogen-bond donors (Lipinski definition) is 2. The van der Waals surface area contributed by atoms with E-state index in [1.54, 1.807) is 13.8 Å². The zero-order valence-electron chi connectivity index (χ0n) is 18.3. The van der Waals surface area contributed by atoms with E-state index in [2.05, 4.69) is 15.4 Å². The molecule has 0 radical (unpaired) electrons. The second kappa shape index (κ2) is 8.93. The molecule has 0 bridgehead atoms. The lowest BCUT2D eigenvalue weighted by atomic mass is 10.1. The Morgan fingerprint density at radius 2 is 1.91 bits per heavy atom. The van der Waals surface area contributed by atoms with Gasteiger partial charge in [-0.1, -0.05) is 6.07 Å². The Bertz CT molecular complexity index is 1240. The summed E-state index contributed by atoms with van der Waals surface area (Å²) in [7, 11) is 0. The van der Waals surface area contributed by atoms with Crippen molar-refractivity contribution in [3.05, 3.63) is 64.2 Å². The van der Waals surface area contributed by atoms with Gasteiger partial charge in [-0.15, -0.1) is 0 Å². The average molecular weight is 462 g/mol. The number of amides is 1. The molecule has 174 valence electrons. The van der Waals surface area contributed by atoms with Crippen LogP contribution < -0.4 is 5.32 Å². The number of carbonyl (C=O) groups excluding carboxylic acids is 3. The van der Waals surface area contributed by atoms with Crippen LogP contribution in [0.5, 0.6) is 0 Å². The topological polar surface area (TPSA) is 106 Å². The summed E-state index contributed by atoms with van der Waals surface area (Å²) in [5, 5.41) is 6.32. The number of aromatic amines is 1. The molecule has 1 amide bonds. The number of alkyl halides is 3.